The van der Waals surface area contributed by atoms with Crippen molar-refractivity contribution >= 4 is 11.8 Å². The van der Waals surface area contributed by atoms with Crippen LogP contribution in [0.25, 0.3) is 0 Å². The van der Waals surface area contributed by atoms with Crippen molar-refractivity contribution in [2.75, 3.05) is 13.1 Å². The fourth-order valence-corrected chi connectivity index (χ4v) is 3.66. The summed E-state index contributed by atoms with van der Waals surface area (Å²) in [5.74, 6) is 0.570. The molecule has 1 N–H and O–H groups in total. The van der Waals surface area contributed by atoms with Crippen LogP contribution in [0.15, 0.2) is 28.8 Å². The predicted octanol–water partition coefficient (Wildman–Crippen LogP) is 1.97. The minimum absolute atomic E-state index is 0.0191. The molecule has 1 aromatic carbocycles. The number of carbonyl (C=O) groups is 2. The predicted molar refractivity (Wildman–Crippen MR) is 97.7 cm³/mol. The minimum Gasteiger partial charge on any atom is -0.351 e. The number of benzene rings is 1. The number of halogens is 1. The van der Waals surface area contributed by atoms with E-state index in [2.05, 4.69) is 15.5 Å². The normalized spacial score (nSPS) is 22.1. The molecule has 0 spiro atoms. The van der Waals surface area contributed by atoms with Crippen LogP contribution in [0.2, 0.25) is 0 Å². The fourth-order valence-electron chi connectivity index (χ4n) is 3.66. The number of nitrogens with one attached hydrogen (secondary N) is 1. The Kier molecular flexibility index (Phi) is 5.11. The van der Waals surface area contributed by atoms with E-state index in [1.807, 2.05) is 0 Å². The van der Waals surface area contributed by atoms with Gasteiger partial charge in [0.25, 0.3) is 0 Å². The third-order valence-corrected chi connectivity index (χ3v) is 5.35. The van der Waals surface area contributed by atoms with Crippen LogP contribution in [0.3, 0.4) is 0 Å². The van der Waals surface area contributed by atoms with E-state index in [0.29, 0.717) is 36.8 Å². The summed E-state index contributed by atoms with van der Waals surface area (Å²) in [6.07, 6.45) is 2.56. The van der Waals surface area contributed by atoms with Crippen molar-refractivity contribution in [2.24, 2.45) is 5.92 Å². The molecule has 7 nitrogen and oxygen atoms in total. The Bertz CT molecular complexity index is 880. The maximum Gasteiger partial charge on any atom is 0.231 e. The molecule has 2 fully saturated rings. The second-order valence-electron chi connectivity index (χ2n) is 7.61. The van der Waals surface area contributed by atoms with E-state index in [-0.39, 0.29) is 41.9 Å². The molecule has 2 aromatic rings. The molecule has 2 heterocycles. The molecular formula is C20H23FN4O3. The van der Waals surface area contributed by atoms with Crippen molar-refractivity contribution in [3.05, 3.63) is 47.4 Å². The van der Waals surface area contributed by atoms with E-state index in [0.717, 1.165) is 12.8 Å². The number of rotatable bonds is 5. The third kappa shape index (κ3) is 4.21. The summed E-state index contributed by atoms with van der Waals surface area (Å²) < 4.78 is 18.7. The highest BCUT2D eigenvalue weighted by molar-refractivity contribution is 5.82. The van der Waals surface area contributed by atoms with Crippen molar-refractivity contribution in [3.63, 3.8) is 0 Å². The van der Waals surface area contributed by atoms with Gasteiger partial charge in [-0.3, -0.25) is 9.59 Å². The first-order valence-corrected chi connectivity index (χ1v) is 9.62. The van der Waals surface area contributed by atoms with Crippen LogP contribution in [0.5, 0.6) is 0 Å². The van der Waals surface area contributed by atoms with E-state index in [9.17, 15) is 14.0 Å². The second-order valence-corrected chi connectivity index (χ2v) is 7.61. The van der Waals surface area contributed by atoms with Crippen molar-refractivity contribution in [1.82, 2.24) is 20.4 Å². The first kappa shape index (κ1) is 18.6. The lowest BCUT2D eigenvalue weighted by Gasteiger charge is -2.37. The number of hydrogen-bond donors (Lipinski definition) is 1. The summed E-state index contributed by atoms with van der Waals surface area (Å²) in [7, 11) is 0. The highest BCUT2D eigenvalue weighted by Gasteiger charge is 2.39. The van der Waals surface area contributed by atoms with E-state index in [1.165, 1.54) is 12.1 Å². The molecule has 1 aliphatic heterocycles. The lowest BCUT2D eigenvalue weighted by molar-refractivity contribution is -0.133. The van der Waals surface area contributed by atoms with Gasteiger partial charge in [0.15, 0.2) is 5.82 Å². The zero-order valence-corrected chi connectivity index (χ0v) is 15.7. The van der Waals surface area contributed by atoms with Gasteiger partial charge in [-0.2, -0.15) is 4.98 Å². The van der Waals surface area contributed by atoms with E-state index >= 15 is 0 Å². The lowest BCUT2D eigenvalue weighted by Crippen LogP contribution is -2.53. The van der Waals surface area contributed by atoms with Crippen LogP contribution in [0.1, 0.15) is 42.5 Å². The summed E-state index contributed by atoms with van der Waals surface area (Å²) in [4.78, 5) is 31.1. The van der Waals surface area contributed by atoms with Crippen molar-refractivity contribution < 1.29 is 18.5 Å². The first-order valence-electron chi connectivity index (χ1n) is 9.62. The largest absolute Gasteiger partial charge is 0.351 e. The summed E-state index contributed by atoms with van der Waals surface area (Å²) >= 11 is 0. The quantitative estimate of drug-likeness (QED) is 0.849. The number of carbonyl (C=O) groups excluding carboxylic acids is 2. The van der Waals surface area contributed by atoms with Crippen molar-refractivity contribution in [3.8, 4) is 0 Å². The van der Waals surface area contributed by atoms with Gasteiger partial charge in [-0.15, -0.1) is 0 Å². The van der Waals surface area contributed by atoms with Gasteiger partial charge in [0, 0.05) is 19.0 Å². The molecule has 0 radical (unpaired) electrons. The summed E-state index contributed by atoms with van der Waals surface area (Å²) in [5.41, 5.74) is 0.637. The molecule has 2 atom stereocenters. The third-order valence-electron chi connectivity index (χ3n) is 5.35. The highest BCUT2D eigenvalue weighted by Crippen LogP contribution is 2.32. The molecular weight excluding hydrogens is 363 g/mol. The van der Waals surface area contributed by atoms with Crippen LogP contribution in [-0.2, 0) is 16.0 Å². The number of aryl methyl sites for hydroxylation is 1. The monoisotopic (exact) mass is 386 g/mol. The van der Waals surface area contributed by atoms with Crippen LogP contribution < -0.4 is 5.32 Å². The zero-order chi connectivity index (χ0) is 19.7. The zero-order valence-electron chi connectivity index (χ0n) is 15.7. The number of aromatic nitrogens is 2. The Labute approximate surface area is 162 Å². The van der Waals surface area contributed by atoms with Gasteiger partial charge in [-0.05, 0) is 43.9 Å². The van der Waals surface area contributed by atoms with Gasteiger partial charge in [-0.25, -0.2) is 4.39 Å². The Morgan fingerprint density at radius 2 is 2.14 bits per heavy atom. The number of nitrogens with zero attached hydrogens (tertiary/aromatic N) is 3. The molecule has 1 saturated heterocycles. The lowest BCUT2D eigenvalue weighted by atomic mass is 9.90. The Hall–Kier alpha value is -2.77. The van der Waals surface area contributed by atoms with Crippen LogP contribution >= 0.6 is 0 Å². The van der Waals surface area contributed by atoms with E-state index in [1.54, 1.807) is 24.0 Å². The SMILES string of the molecule is Cc1noc([C@H]2CCN(C(=O)Cc3cccc(F)c3)C[C@H]2NC(=O)C2CC2)n1. The molecule has 2 amide bonds. The topological polar surface area (TPSA) is 88.3 Å². The van der Waals surface area contributed by atoms with Gasteiger partial charge in [-0.1, -0.05) is 17.3 Å². The van der Waals surface area contributed by atoms with Gasteiger partial charge in [0.1, 0.15) is 5.82 Å². The van der Waals surface area contributed by atoms with Crippen molar-refractivity contribution in [1.29, 1.82) is 0 Å². The van der Waals surface area contributed by atoms with Gasteiger partial charge >= 0.3 is 0 Å². The molecule has 8 heteroatoms. The maximum absolute atomic E-state index is 13.4. The maximum atomic E-state index is 13.4. The molecule has 0 bridgehead atoms. The Balaban J connectivity index is 1.47. The highest BCUT2D eigenvalue weighted by atomic mass is 19.1. The summed E-state index contributed by atoms with van der Waals surface area (Å²) in [6.45, 7) is 2.65. The Morgan fingerprint density at radius 1 is 1.32 bits per heavy atom. The molecule has 28 heavy (non-hydrogen) atoms. The van der Waals surface area contributed by atoms with Crippen LogP contribution in [0, 0.1) is 18.7 Å². The van der Waals surface area contributed by atoms with Gasteiger partial charge < -0.3 is 14.7 Å². The molecule has 1 saturated carbocycles. The smallest absolute Gasteiger partial charge is 0.231 e. The fraction of sp³-hybridized carbons (Fsp3) is 0.500. The van der Waals surface area contributed by atoms with Crippen LogP contribution in [-0.4, -0.2) is 46.0 Å². The first-order chi connectivity index (χ1) is 13.5. The molecule has 0 unspecified atom stereocenters. The molecule has 1 aliphatic carbocycles. The average Bonchev–Trinajstić information content (AvgIpc) is 3.43. The molecule has 4 rings (SSSR count). The van der Waals surface area contributed by atoms with E-state index < -0.39 is 0 Å². The molecule has 148 valence electrons. The second kappa shape index (κ2) is 7.69. The number of piperidine rings is 1. The molecule has 1 aromatic heterocycles. The van der Waals surface area contributed by atoms with Crippen LogP contribution in [0.4, 0.5) is 4.39 Å². The molecule has 2 aliphatic rings. The van der Waals surface area contributed by atoms with Gasteiger partial charge in [0.05, 0.1) is 18.4 Å². The minimum atomic E-state index is -0.356. The average molecular weight is 386 g/mol. The van der Waals surface area contributed by atoms with Gasteiger partial charge in [0.2, 0.25) is 17.7 Å². The summed E-state index contributed by atoms with van der Waals surface area (Å²) in [6, 6.07) is 5.79. The number of hydrogen-bond acceptors (Lipinski definition) is 5. The Morgan fingerprint density at radius 3 is 2.82 bits per heavy atom. The van der Waals surface area contributed by atoms with E-state index in [4.69, 9.17) is 4.52 Å². The van der Waals surface area contributed by atoms with Crippen molar-refractivity contribution in [2.45, 2.75) is 44.6 Å². The standard InChI is InChI=1S/C20H23FN4O3/c1-12-22-20(28-24-12)16-7-8-25(11-17(16)23-19(27)14-5-6-14)18(26)10-13-3-2-4-15(21)9-13/h2-4,9,14,16-17H,5-8,10-11H2,1H3,(H,23,27)/t16-,17+/m0/s1. The number of likely N-dealkylation sites (tertiary alicyclic amines) is 1. The number of amides is 2. The summed E-state index contributed by atoms with van der Waals surface area (Å²) in [5, 5.41) is 6.93.